The molecule has 0 bridgehead atoms. The zero-order valence-electron chi connectivity index (χ0n) is 14.7. The molecule has 3 rings (SSSR count). The zero-order valence-corrected chi connectivity index (χ0v) is 15.4. The third-order valence-corrected chi connectivity index (χ3v) is 5.15. The highest BCUT2D eigenvalue weighted by Gasteiger charge is 2.30. The summed E-state index contributed by atoms with van der Waals surface area (Å²) in [6.45, 7) is 2.46. The lowest BCUT2D eigenvalue weighted by Gasteiger charge is -2.37. The summed E-state index contributed by atoms with van der Waals surface area (Å²) < 4.78 is 13.0. The van der Waals surface area contributed by atoms with Crippen LogP contribution in [-0.4, -0.2) is 44.0 Å². The van der Waals surface area contributed by atoms with Crippen molar-refractivity contribution in [3.05, 3.63) is 64.9 Å². The Morgan fingerprint density at radius 2 is 1.81 bits per heavy atom. The first-order valence-corrected chi connectivity index (χ1v) is 9.16. The van der Waals surface area contributed by atoms with Gasteiger partial charge in [-0.3, -0.25) is 4.79 Å². The molecular formula is C20H20ClFN2O3. The second-order valence-corrected chi connectivity index (χ2v) is 7.07. The summed E-state index contributed by atoms with van der Waals surface area (Å²) in [7, 11) is 0. The first-order chi connectivity index (χ1) is 12.9. The fourth-order valence-corrected chi connectivity index (χ4v) is 3.59. The number of nitrogens with zero attached hydrogens (tertiary/aromatic N) is 1. The van der Waals surface area contributed by atoms with E-state index in [0.29, 0.717) is 36.8 Å². The molecule has 0 amide bonds. The molecule has 0 aromatic heterocycles. The van der Waals surface area contributed by atoms with Crippen molar-refractivity contribution in [3.63, 3.8) is 0 Å². The maximum Gasteiger partial charge on any atom is 0.169 e. The van der Waals surface area contributed by atoms with Crippen molar-refractivity contribution in [3.8, 4) is 0 Å². The lowest BCUT2D eigenvalue weighted by atomic mass is 10.0. The van der Waals surface area contributed by atoms with Crippen LogP contribution in [-0.2, 0) is 4.79 Å². The van der Waals surface area contributed by atoms with Crippen molar-refractivity contribution >= 4 is 29.0 Å². The van der Waals surface area contributed by atoms with Crippen molar-refractivity contribution in [2.24, 2.45) is 0 Å². The molecule has 5 nitrogen and oxygen atoms in total. The van der Waals surface area contributed by atoms with Gasteiger partial charge in [0.1, 0.15) is 11.9 Å². The SMILES string of the molecule is O=C(C[C@@H](C(=O)[O-])[NH+]1CCN(c2cccc(Cl)c2)CC1)c1ccc(F)cc1. The van der Waals surface area contributed by atoms with Crippen LogP contribution in [0.1, 0.15) is 16.8 Å². The molecule has 27 heavy (non-hydrogen) atoms. The van der Waals surface area contributed by atoms with Gasteiger partial charge in [0, 0.05) is 16.3 Å². The normalized spacial score (nSPS) is 16.1. The predicted molar refractivity (Wildman–Crippen MR) is 98.5 cm³/mol. The molecular weight excluding hydrogens is 371 g/mol. The van der Waals surface area contributed by atoms with Gasteiger partial charge in [0.15, 0.2) is 5.78 Å². The molecule has 7 heteroatoms. The number of halogens is 2. The van der Waals surface area contributed by atoms with E-state index in [1.165, 1.54) is 24.3 Å². The summed E-state index contributed by atoms with van der Waals surface area (Å²) in [6.07, 6.45) is -0.166. The van der Waals surface area contributed by atoms with Crippen molar-refractivity contribution < 1.29 is 24.0 Å². The number of aliphatic carboxylic acids is 1. The van der Waals surface area contributed by atoms with E-state index < -0.39 is 17.8 Å². The van der Waals surface area contributed by atoms with E-state index in [1.807, 2.05) is 18.2 Å². The van der Waals surface area contributed by atoms with Gasteiger partial charge in [-0.15, -0.1) is 0 Å². The van der Waals surface area contributed by atoms with E-state index in [2.05, 4.69) is 4.90 Å². The number of carbonyl (C=O) groups excluding carboxylic acids is 2. The van der Waals surface area contributed by atoms with Gasteiger partial charge in [0.25, 0.3) is 0 Å². The van der Waals surface area contributed by atoms with Gasteiger partial charge >= 0.3 is 0 Å². The van der Waals surface area contributed by atoms with Gasteiger partial charge in [-0.2, -0.15) is 0 Å². The molecule has 0 radical (unpaired) electrons. The Hall–Kier alpha value is -2.44. The number of carboxylic acid groups (broad SMARTS) is 1. The van der Waals surface area contributed by atoms with Crippen LogP contribution in [0.25, 0.3) is 0 Å². The summed E-state index contributed by atoms with van der Waals surface area (Å²) in [4.78, 5) is 27.0. The Balaban J connectivity index is 1.63. The number of carbonyl (C=O) groups is 2. The second kappa shape index (κ2) is 8.50. The fraction of sp³-hybridized carbons (Fsp3) is 0.300. The van der Waals surface area contributed by atoms with Gasteiger partial charge in [0.05, 0.1) is 38.6 Å². The zero-order chi connectivity index (χ0) is 19.4. The number of Topliss-reactive ketones (excluding diaryl/α,β-unsaturated/α-hetero) is 1. The topological polar surface area (TPSA) is 64.9 Å². The Morgan fingerprint density at radius 3 is 2.41 bits per heavy atom. The molecule has 1 N–H and O–H groups in total. The second-order valence-electron chi connectivity index (χ2n) is 6.63. The molecule has 142 valence electrons. The largest absolute Gasteiger partial charge is 0.544 e. The number of carboxylic acids is 1. The molecule has 1 aliphatic heterocycles. The van der Waals surface area contributed by atoms with Crippen LogP contribution in [0.5, 0.6) is 0 Å². The fourth-order valence-electron chi connectivity index (χ4n) is 3.41. The number of nitrogens with one attached hydrogen (secondary N) is 1. The molecule has 2 aromatic rings. The smallest absolute Gasteiger partial charge is 0.169 e. The molecule has 0 aliphatic carbocycles. The van der Waals surface area contributed by atoms with Crippen LogP contribution in [0.4, 0.5) is 10.1 Å². The predicted octanol–water partition coefficient (Wildman–Crippen LogP) is 0.576. The Morgan fingerprint density at radius 1 is 1.15 bits per heavy atom. The number of benzene rings is 2. The van der Waals surface area contributed by atoms with Crippen molar-refractivity contribution in [1.82, 2.24) is 0 Å². The quantitative estimate of drug-likeness (QED) is 0.733. The Kier molecular flexibility index (Phi) is 6.08. The minimum atomic E-state index is -1.24. The van der Waals surface area contributed by atoms with Gasteiger partial charge in [-0.1, -0.05) is 17.7 Å². The number of hydrogen-bond acceptors (Lipinski definition) is 4. The van der Waals surface area contributed by atoms with Crippen LogP contribution in [0.3, 0.4) is 0 Å². The van der Waals surface area contributed by atoms with Crippen LogP contribution in [0.15, 0.2) is 48.5 Å². The number of quaternary nitrogens is 1. The number of hydrogen-bond donors (Lipinski definition) is 1. The monoisotopic (exact) mass is 390 g/mol. The number of rotatable bonds is 6. The molecule has 1 aliphatic rings. The van der Waals surface area contributed by atoms with Gasteiger partial charge in [-0.05, 0) is 42.5 Å². The molecule has 1 fully saturated rings. The summed E-state index contributed by atoms with van der Waals surface area (Å²) in [6, 6.07) is 11.7. The van der Waals surface area contributed by atoms with Gasteiger partial charge in [0.2, 0.25) is 0 Å². The minimum absolute atomic E-state index is 0.166. The molecule has 1 atom stereocenters. The minimum Gasteiger partial charge on any atom is -0.544 e. The third-order valence-electron chi connectivity index (χ3n) is 4.91. The summed E-state index contributed by atoms with van der Waals surface area (Å²) in [5, 5.41) is 12.3. The summed E-state index contributed by atoms with van der Waals surface area (Å²) >= 11 is 6.03. The molecule has 1 saturated heterocycles. The highest BCUT2D eigenvalue weighted by Crippen LogP contribution is 2.19. The first kappa shape index (κ1) is 19.3. The number of anilines is 1. The average molecular weight is 391 g/mol. The Bertz CT molecular complexity index is 820. The van der Waals surface area contributed by atoms with Crippen LogP contribution >= 0.6 is 11.6 Å². The highest BCUT2D eigenvalue weighted by molar-refractivity contribution is 6.30. The maximum absolute atomic E-state index is 13.0. The summed E-state index contributed by atoms with van der Waals surface area (Å²) in [5.74, 6) is -2.00. The van der Waals surface area contributed by atoms with E-state index in [4.69, 9.17) is 11.6 Å². The molecule has 0 saturated carbocycles. The number of piperazine rings is 1. The van der Waals surface area contributed by atoms with E-state index in [-0.39, 0.29) is 12.2 Å². The van der Waals surface area contributed by atoms with Crippen LogP contribution in [0, 0.1) is 5.82 Å². The van der Waals surface area contributed by atoms with E-state index in [0.717, 1.165) is 10.6 Å². The van der Waals surface area contributed by atoms with Crippen molar-refractivity contribution in [1.29, 1.82) is 0 Å². The van der Waals surface area contributed by atoms with Crippen molar-refractivity contribution in [2.75, 3.05) is 31.1 Å². The van der Waals surface area contributed by atoms with Gasteiger partial charge in [-0.25, -0.2) is 4.39 Å². The Labute approximate surface area is 162 Å². The number of ketones is 1. The van der Waals surface area contributed by atoms with Crippen LogP contribution in [0.2, 0.25) is 5.02 Å². The standard InChI is InChI=1S/C20H20ClFN2O3/c21-15-2-1-3-17(12-15)23-8-10-24(11-9-23)18(20(26)27)13-19(25)14-4-6-16(22)7-5-14/h1-7,12,18H,8-11,13H2,(H,26,27)/t18-/m0/s1. The molecule has 0 spiro atoms. The maximum atomic E-state index is 13.0. The van der Waals surface area contributed by atoms with Gasteiger partial charge < -0.3 is 19.7 Å². The molecule has 0 unspecified atom stereocenters. The molecule has 2 aromatic carbocycles. The molecule has 1 heterocycles. The van der Waals surface area contributed by atoms with Crippen LogP contribution < -0.4 is 14.9 Å². The van der Waals surface area contributed by atoms with E-state index >= 15 is 0 Å². The van der Waals surface area contributed by atoms with E-state index in [9.17, 15) is 19.1 Å². The lowest BCUT2D eigenvalue weighted by molar-refractivity contribution is -0.918. The van der Waals surface area contributed by atoms with E-state index in [1.54, 1.807) is 6.07 Å². The summed E-state index contributed by atoms with van der Waals surface area (Å²) in [5.41, 5.74) is 1.30. The first-order valence-electron chi connectivity index (χ1n) is 8.79. The highest BCUT2D eigenvalue weighted by atomic mass is 35.5. The van der Waals surface area contributed by atoms with Crippen molar-refractivity contribution in [2.45, 2.75) is 12.5 Å². The lowest BCUT2D eigenvalue weighted by Crippen LogP contribution is -3.19. The average Bonchev–Trinajstić information content (AvgIpc) is 2.66. The third kappa shape index (κ3) is 4.84.